The monoisotopic (exact) mass is 347 g/mol. The summed E-state index contributed by atoms with van der Waals surface area (Å²) in [5.41, 5.74) is 5.18. The summed E-state index contributed by atoms with van der Waals surface area (Å²) < 4.78 is 40.2. The molecule has 0 aliphatic heterocycles. The molecule has 3 N–H and O–H groups in total. The number of benzene rings is 2. The van der Waals surface area contributed by atoms with Crippen LogP contribution in [0.4, 0.5) is 13.2 Å². The Labute approximate surface area is 140 Å². The predicted molar refractivity (Wildman–Crippen MR) is 81.6 cm³/mol. The van der Waals surface area contributed by atoms with Crippen molar-refractivity contribution in [2.75, 3.05) is 0 Å². The Morgan fingerprint density at radius 2 is 1.68 bits per heavy atom. The first-order valence-corrected chi connectivity index (χ1v) is 7.05. The third kappa shape index (κ3) is 4.35. The Hall–Kier alpha value is -3.34. The summed E-state index contributed by atoms with van der Waals surface area (Å²) in [7, 11) is 0. The molecule has 128 valence electrons. The number of rotatable bonds is 5. The van der Waals surface area contributed by atoms with Gasteiger partial charge in [-0.25, -0.2) is 13.2 Å². The summed E-state index contributed by atoms with van der Waals surface area (Å²) in [5.74, 6) is -6.10. The van der Waals surface area contributed by atoms with E-state index in [0.717, 1.165) is 0 Å². The van der Waals surface area contributed by atoms with E-state index in [2.05, 4.69) is 5.32 Å². The van der Waals surface area contributed by atoms with E-state index in [-0.39, 0.29) is 6.42 Å². The van der Waals surface area contributed by atoms with Crippen molar-refractivity contribution in [3.63, 3.8) is 0 Å². The lowest BCUT2D eigenvalue weighted by Crippen LogP contribution is -2.46. The lowest BCUT2D eigenvalue weighted by molar-refractivity contribution is -0.119. The summed E-state index contributed by atoms with van der Waals surface area (Å²) >= 11 is 0. The van der Waals surface area contributed by atoms with Crippen LogP contribution >= 0.6 is 0 Å². The van der Waals surface area contributed by atoms with Crippen LogP contribution in [0, 0.1) is 28.8 Å². The number of nitrogens with zero attached hydrogens (tertiary/aromatic N) is 1. The molecule has 0 aromatic heterocycles. The van der Waals surface area contributed by atoms with Crippen LogP contribution in [0.25, 0.3) is 0 Å². The molecule has 2 aromatic carbocycles. The molecule has 0 unspecified atom stereocenters. The molecule has 8 heteroatoms. The fourth-order valence-electron chi connectivity index (χ4n) is 2.16. The fraction of sp³-hybridized carbons (Fsp3) is 0.118. The number of halogens is 3. The molecule has 0 radical (unpaired) electrons. The van der Waals surface area contributed by atoms with Crippen LogP contribution < -0.4 is 11.1 Å². The van der Waals surface area contributed by atoms with Crippen LogP contribution in [0.3, 0.4) is 0 Å². The maximum Gasteiger partial charge on any atom is 0.257 e. The van der Waals surface area contributed by atoms with E-state index < -0.39 is 40.9 Å². The Bertz CT molecular complexity index is 837. The van der Waals surface area contributed by atoms with Gasteiger partial charge in [0.2, 0.25) is 5.91 Å². The molecule has 0 saturated carbocycles. The average molecular weight is 347 g/mol. The van der Waals surface area contributed by atoms with Crippen LogP contribution in [-0.4, -0.2) is 17.9 Å². The molecule has 2 rings (SSSR count). The first-order valence-electron chi connectivity index (χ1n) is 7.05. The van der Waals surface area contributed by atoms with Gasteiger partial charge in [-0.05, 0) is 17.7 Å². The highest BCUT2D eigenvalue weighted by atomic mass is 19.1. The smallest absolute Gasteiger partial charge is 0.257 e. The van der Waals surface area contributed by atoms with Crippen molar-refractivity contribution < 1.29 is 22.8 Å². The normalized spacial score (nSPS) is 11.4. The number of amides is 2. The largest absolute Gasteiger partial charge is 0.368 e. The lowest BCUT2D eigenvalue weighted by atomic mass is 10.0. The third-order valence-electron chi connectivity index (χ3n) is 3.41. The van der Waals surface area contributed by atoms with Crippen LogP contribution in [0.2, 0.25) is 0 Å². The first kappa shape index (κ1) is 18.0. The van der Waals surface area contributed by atoms with E-state index in [1.54, 1.807) is 12.1 Å². The summed E-state index contributed by atoms with van der Waals surface area (Å²) in [6.07, 6.45) is -0.0444. The van der Waals surface area contributed by atoms with Gasteiger partial charge in [0.15, 0.2) is 0 Å². The summed E-state index contributed by atoms with van der Waals surface area (Å²) in [5, 5.41) is 10.9. The van der Waals surface area contributed by atoms with E-state index >= 15 is 0 Å². The Balaban J connectivity index is 2.20. The zero-order valence-corrected chi connectivity index (χ0v) is 12.7. The Morgan fingerprint density at radius 3 is 2.16 bits per heavy atom. The summed E-state index contributed by atoms with van der Waals surface area (Å²) in [6, 6.07) is 7.53. The standard InChI is InChI=1S/C17H12F3N3O2/c18-11-6-12(19)15(13(20)7-11)17(25)23-14(16(22)24)5-9-1-3-10(8-21)4-2-9/h1-4,6-7,14H,5H2,(H2,22,24)(H,23,25)/t14-/m1/s1. The Kier molecular flexibility index (Phi) is 5.39. The second-order valence-electron chi connectivity index (χ2n) is 5.19. The second-order valence-corrected chi connectivity index (χ2v) is 5.19. The number of carbonyl (C=O) groups excluding carboxylic acids is 2. The topological polar surface area (TPSA) is 96.0 Å². The Morgan fingerprint density at radius 1 is 1.12 bits per heavy atom. The molecule has 0 bridgehead atoms. The maximum atomic E-state index is 13.6. The van der Waals surface area contributed by atoms with Crippen molar-refractivity contribution in [3.8, 4) is 6.07 Å². The van der Waals surface area contributed by atoms with Crippen molar-refractivity contribution >= 4 is 11.8 Å². The zero-order valence-electron chi connectivity index (χ0n) is 12.7. The quantitative estimate of drug-likeness (QED) is 0.863. The van der Waals surface area contributed by atoms with E-state index in [0.29, 0.717) is 23.3 Å². The van der Waals surface area contributed by atoms with Gasteiger partial charge in [-0.1, -0.05) is 12.1 Å². The van der Waals surface area contributed by atoms with E-state index in [4.69, 9.17) is 11.0 Å². The molecule has 2 aromatic rings. The minimum absolute atomic E-state index is 0.0444. The highest BCUT2D eigenvalue weighted by molar-refractivity contribution is 5.97. The van der Waals surface area contributed by atoms with E-state index in [1.807, 2.05) is 6.07 Å². The van der Waals surface area contributed by atoms with Crippen LogP contribution in [0.5, 0.6) is 0 Å². The van der Waals surface area contributed by atoms with Crippen molar-refractivity contribution in [1.29, 1.82) is 5.26 Å². The second kappa shape index (κ2) is 7.49. The molecular weight excluding hydrogens is 335 g/mol. The van der Waals surface area contributed by atoms with Crippen molar-refractivity contribution in [1.82, 2.24) is 5.32 Å². The summed E-state index contributed by atoms with van der Waals surface area (Å²) in [6.45, 7) is 0. The molecule has 0 saturated heterocycles. The molecule has 0 aliphatic rings. The molecule has 1 atom stereocenters. The highest BCUT2D eigenvalue weighted by Crippen LogP contribution is 2.15. The fourth-order valence-corrected chi connectivity index (χ4v) is 2.16. The molecular formula is C17H12F3N3O2. The SMILES string of the molecule is N#Cc1ccc(C[C@@H](NC(=O)c2c(F)cc(F)cc2F)C(N)=O)cc1. The molecule has 0 fully saturated rings. The minimum Gasteiger partial charge on any atom is -0.368 e. The predicted octanol–water partition coefficient (Wildman–Crippen LogP) is 1.80. The summed E-state index contributed by atoms with van der Waals surface area (Å²) in [4.78, 5) is 23.6. The number of nitrogens with one attached hydrogen (secondary N) is 1. The minimum atomic E-state index is -1.39. The van der Waals surface area contributed by atoms with E-state index in [1.165, 1.54) is 12.1 Å². The molecule has 2 amide bonds. The number of hydrogen-bond acceptors (Lipinski definition) is 3. The van der Waals surface area contributed by atoms with Crippen molar-refractivity contribution in [2.45, 2.75) is 12.5 Å². The lowest BCUT2D eigenvalue weighted by Gasteiger charge is -2.16. The third-order valence-corrected chi connectivity index (χ3v) is 3.41. The van der Waals surface area contributed by atoms with E-state index in [9.17, 15) is 22.8 Å². The van der Waals surface area contributed by atoms with Crippen molar-refractivity contribution in [3.05, 3.63) is 70.5 Å². The molecule has 0 spiro atoms. The number of nitriles is 1. The first-order chi connectivity index (χ1) is 11.8. The van der Waals surface area contributed by atoms with Gasteiger partial charge in [0.05, 0.1) is 11.6 Å². The van der Waals surface area contributed by atoms with Gasteiger partial charge >= 0.3 is 0 Å². The van der Waals surface area contributed by atoms with Gasteiger partial charge in [-0.2, -0.15) is 5.26 Å². The van der Waals surface area contributed by atoms with Crippen LogP contribution in [0.15, 0.2) is 36.4 Å². The van der Waals surface area contributed by atoms with Gasteiger partial charge in [-0.3, -0.25) is 9.59 Å². The zero-order chi connectivity index (χ0) is 18.6. The number of carbonyl (C=O) groups is 2. The molecule has 0 aliphatic carbocycles. The number of nitrogens with two attached hydrogens (primary N) is 1. The van der Waals surface area contributed by atoms with Gasteiger partial charge in [0.25, 0.3) is 5.91 Å². The van der Waals surface area contributed by atoms with Gasteiger partial charge in [0.1, 0.15) is 29.1 Å². The van der Waals surface area contributed by atoms with Gasteiger partial charge in [0, 0.05) is 18.6 Å². The molecule has 5 nitrogen and oxygen atoms in total. The van der Waals surface area contributed by atoms with Crippen molar-refractivity contribution in [2.24, 2.45) is 5.73 Å². The number of primary amides is 1. The highest BCUT2D eigenvalue weighted by Gasteiger charge is 2.24. The maximum absolute atomic E-state index is 13.6. The number of hydrogen-bond donors (Lipinski definition) is 2. The molecule has 25 heavy (non-hydrogen) atoms. The molecule has 0 heterocycles. The van der Waals surface area contributed by atoms with Gasteiger partial charge < -0.3 is 11.1 Å². The average Bonchev–Trinajstić information content (AvgIpc) is 2.53. The van der Waals surface area contributed by atoms with Gasteiger partial charge in [-0.15, -0.1) is 0 Å². The van der Waals surface area contributed by atoms with Crippen LogP contribution in [-0.2, 0) is 11.2 Å². The van der Waals surface area contributed by atoms with Crippen LogP contribution in [0.1, 0.15) is 21.5 Å².